The van der Waals surface area contributed by atoms with Crippen LogP contribution in [0.4, 0.5) is 0 Å². The number of nitrogens with zero attached hydrogens (tertiary/aromatic N) is 2. The predicted molar refractivity (Wildman–Crippen MR) is 77.3 cm³/mol. The highest BCUT2D eigenvalue weighted by molar-refractivity contribution is 5.81. The van der Waals surface area contributed by atoms with Gasteiger partial charge in [0.25, 0.3) is 0 Å². The average molecular weight is 300 g/mol. The standard InChI is InChI=1S/C16H16N2O4/c1-3-7-15(11-17,13(19)20)9-5-6-10-16(12-18,8-4-2)14(21)22/h7-8H,1-2,5-6,9-10H2,(H,19,20)(H,21,22). The van der Waals surface area contributed by atoms with Crippen molar-refractivity contribution in [3.8, 4) is 12.1 Å². The normalized spacial score (nSPS) is 14.6. The first-order chi connectivity index (χ1) is 10.3. The van der Waals surface area contributed by atoms with E-state index in [1.54, 1.807) is 12.1 Å². The quantitative estimate of drug-likeness (QED) is 0.498. The van der Waals surface area contributed by atoms with Gasteiger partial charge in [-0.1, -0.05) is 26.0 Å². The number of carbonyl (C=O) groups is 2. The van der Waals surface area contributed by atoms with Crippen molar-refractivity contribution in [3.05, 3.63) is 36.8 Å². The first kappa shape index (κ1) is 19.0. The molecule has 2 unspecified atom stereocenters. The molecule has 0 bridgehead atoms. The zero-order valence-electron chi connectivity index (χ0n) is 12.0. The SMILES string of the molecule is C=C=CC(C#N)(CCCCC(C#N)(C=C=C)C(=O)O)C(=O)O. The van der Waals surface area contributed by atoms with Crippen LogP contribution < -0.4 is 0 Å². The lowest BCUT2D eigenvalue weighted by atomic mass is 9.80. The monoisotopic (exact) mass is 300 g/mol. The smallest absolute Gasteiger partial charge is 0.328 e. The summed E-state index contributed by atoms with van der Waals surface area (Å²) in [5.41, 5.74) is 1.11. The summed E-state index contributed by atoms with van der Waals surface area (Å²) < 4.78 is 0. The van der Waals surface area contributed by atoms with Crippen LogP contribution in [0.3, 0.4) is 0 Å². The van der Waals surface area contributed by atoms with Crippen LogP contribution in [0, 0.1) is 33.5 Å². The Bertz CT molecular complexity index is 564. The minimum absolute atomic E-state index is 0.0275. The molecule has 0 saturated heterocycles. The largest absolute Gasteiger partial charge is 0.480 e. The van der Waals surface area contributed by atoms with Crippen LogP contribution in [0.25, 0.3) is 0 Å². The summed E-state index contributed by atoms with van der Waals surface area (Å²) in [6, 6.07) is 3.41. The van der Waals surface area contributed by atoms with E-state index in [4.69, 9.17) is 20.7 Å². The Kier molecular flexibility index (Phi) is 7.15. The predicted octanol–water partition coefficient (Wildman–Crippen LogP) is 2.42. The van der Waals surface area contributed by atoms with Gasteiger partial charge in [-0.3, -0.25) is 9.59 Å². The van der Waals surface area contributed by atoms with Gasteiger partial charge in [0.05, 0.1) is 12.1 Å². The van der Waals surface area contributed by atoms with Gasteiger partial charge in [0.15, 0.2) is 10.8 Å². The van der Waals surface area contributed by atoms with Gasteiger partial charge < -0.3 is 10.2 Å². The summed E-state index contributed by atoms with van der Waals surface area (Å²) in [5.74, 6) is -2.64. The van der Waals surface area contributed by atoms with Crippen molar-refractivity contribution in [2.24, 2.45) is 10.8 Å². The molecule has 0 aromatic heterocycles. The van der Waals surface area contributed by atoms with Gasteiger partial charge in [0.1, 0.15) is 0 Å². The molecule has 0 aromatic rings. The molecule has 0 rings (SSSR count). The summed E-state index contributed by atoms with van der Waals surface area (Å²) in [7, 11) is 0. The minimum atomic E-state index is -1.74. The molecule has 0 aliphatic carbocycles. The molecule has 0 heterocycles. The molecule has 0 aliphatic heterocycles. The Morgan fingerprint density at radius 1 is 0.909 bits per heavy atom. The third kappa shape index (κ3) is 4.23. The summed E-state index contributed by atoms with van der Waals surface area (Å²) in [4.78, 5) is 22.4. The third-order valence-electron chi connectivity index (χ3n) is 3.25. The van der Waals surface area contributed by atoms with Crippen molar-refractivity contribution in [2.45, 2.75) is 25.7 Å². The van der Waals surface area contributed by atoms with Crippen molar-refractivity contribution in [1.29, 1.82) is 10.5 Å². The summed E-state index contributed by atoms with van der Waals surface area (Å²) in [6.07, 6.45) is 2.60. The Hall–Kier alpha value is -3.04. The Morgan fingerprint density at radius 2 is 1.23 bits per heavy atom. The van der Waals surface area contributed by atoms with E-state index in [1.807, 2.05) is 0 Å². The Balaban J connectivity index is 4.97. The average Bonchev–Trinajstić information content (AvgIpc) is 2.48. The van der Waals surface area contributed by atoms with Gasteiger partial charge in [-0.05, 0) is 25.0 Å². The van der Waals surface area contributed by atoms with E-state index in [1.165, 1.54) is 0 Å². The Morgan fingerprint density at radius 3 is 1.41 bits per heavy atom. The van der Waals surface area contributed by atoms with Crippen LogP contribution in [0.5, 0.6) is 0 Å². The van der Waals surface area contributed by atoms with Gasteiger partial charge in [0.2, 0.25) is 0 Å². The highest BCUT2D eigenvalue weighted by Gasteiger charge is 2.38. The third-order valence-corrected chi connectivity index (χ3v) is 3.25. The number of rotatable bonds is 9. The molecule has 114 valence electrons. The second kappa shape index (κ2) is 8.29. The maximum Gasteiger partial charge on any atom is 0.328 e. The first-order valence-corrected chi connectivity index (χ1v) is 6.37. The van der Waals surface area contributed by atoms with Gasteiger partial charge >= 0.3 is 11.9 Å². The zero-order valence-corrected chi connectivity index (χ0v) is 12.0. The lowest BCUT2D eigenvalue weighted by molar-refractivity contribution is -0.145. The first-order valence-electron chi connectivity index (χ1n) is 6.37. The van der Waals surface area contributed by atoms with Crippen molar-refractivity contribution in [1.82, 2.24) is 0 Å². The van der Waals surface area contributed by atoms with Crippen LogP contribution in [0.2, 0.25) is 0 Å². The fraction of sp³-hybridized carbons (Fsp3) is 0.375. The van der Waals surface area contributed by atoms with Crippen molar-refractivity contribution in [2.75, 3.05) is 0 Å². The van der Waals surface area contributed by atoms with Crippen LogP contribution in [0.15, 0.2) is 36.8 Å². The molecule has 0 saturated carbocycles. The van der Waals surface area contributed by atoms with Gasteiger partial charge in [0, 0.05) is 0 Å². The van der Waals surface area contributed by atoms with Crippen LogP contribution in [-0.2, 0) is 9.59 Å². The lowest BCUT2D eigenvalue weighted by Crippen LogP contribution is -2.28. The van der Waals surface area contributed by atoms with Crippen LogP contribution in [0.1, 0.15) is 25.7 Å². The number of hydrogen-bond donors (Lipinski definition) is 2. The van der Waals surface area contributed by atoms with Gasteiger partial charge in [-0.2, -0.15) is 10.5 Å². The van der Waals surface area contributed by atoms with Crippen molar-refractivity contribution in [3.63, 3.8) is 0 Å². The number of carboxylic acid groups (broad SMARTS) is 2. The number of carboxylic acids is 2. The van der Waals surface area contributed by atoms with Crippen LogP contribution in [-0.4, -0.2) is 22.2 Å². The number of nitriles is 2. The van der Waals surface area contributed by atoms with Gasteiger partial charge in [-0.25, -0.2) is 0 Å². The fourth-order valence-electron chi connectivity index (χ4n) is 1.91. The molecule has 0 aliphatic rings. The van der Waals surface area contributed by atoms with E-state index in [0.717, 1.165) is 12.2 Å². The number of unbranched alkanes of at least 4 members (excludes halogenated alkanes) is 1. The number of aliphatic carboxylic acids is 2. The second-order valence-electron chi connectivity index (χ2n) is 4.68. The molecule has 6 nitrogen and oxygen atoms in total. The van der Waals surface area contributed by atoms with E-state index < -0.39 is 22.8 Å². The second-order valence-corrected chi connectivity index (χ2v) is 4.68. The molecular formula is C16H16N2O4. The maximum absolute atomic E-state index is 11.2. The number of hydrogen-bond acceptors (Lipinski definition) is 4. The highest BCUT2D eigenvalue weighted by atomic mass is 16.4. The lowest BCUT2D eigenvalue weighted by Gasteiger charge is -2.19. The van der Waals surface area contributed by atoms with Gasteiger partial charge in [-0.15, -0.1) is 11.5 Å². The molecule has 0 amide bonds. The molecule has 0 aromatic carbocycles. The maximum atomic E-state index is 11.2. The van der Waals surface area contributed by atoms with Crippen molar-refractivity contribution >= 4 is 11.9 Å². The van der Waals surface area contributed by atoms with E-state index in [0.29, 0.717) is 0 Å². The molecule has 0 spiro atoms. The molecule has 2 atom stereocenters. The van der Waals surface area contributed by atoms with E-state index >= 15 is 0 Å². The molecule has 2 N–H and O–H groups in total. The summed E-state index contributed by atoms with van der Waals surface area (Å²) in [5, 5.41) is 36.4. The molecule has 0 fully saturated rings. The van der Waals surface area contributed by atoms with Crippen molar-refractivity contribution < 1.29 is 19.8 Å². The zero-order chi connectivity index (χ0) is 17.2. The highest BCUT2D eigenvalue weighted by Crippen LogP contribution is 2.30. The minimum Gasteiger partial charge on any atom is -0.480 e. The van der Waals surface area contributed by atoms with E-state index in [2.05, 4.69) is 24.6 Å². The summed E-state index contributed by atoms with van der Waals surface area (Å²) >= 11 is 0. The molecule has 6 heteroatoms. The van der Waals surface area contributed by atoms with Crippen LogP contribution >= 0.6 is 0 Å². The Labute approximate surface area is 128 Å². The molecule has 0 radical (unpaired) electrons. The topological polar surface area (TPSA) is 122 Å². The molecular weight excluding hydrogens is 284 g/mol. The van der Waals surface area contributed by atoms with E-state index in [-0.39, 0.29) is 25.7 Å². The summed E-state index contributed by atoms with van der Waals surface area (Å²) in [6.45, 7) is 6.54. The fourth-order valence-corrected chi connectivity index (χ4v) is 1.91. The molecule has 22 heavy (non-hydrogen) atoms. The van der Waals surface area contributed by atoms with E-state index in [9.17, 15) is 9.59 Å².